The van der Waals surface area contributed by atoms with E-state index >= 15 is 0 Å². The van der Waals surface area contributed by atoms with Crippen molar-refractivity contribution >= 4 is 11.3 Å². The molecule has 0 aliphatic carbocycles. The number of benzene rings is 1. The van der Waals surface area contributed by atoms with E-state index in [1.807, 2.05) is 17.4 Å². The molecule has 124 valence electrons. The fraction of sp³-hybridized carbons (Fsp3) is 0.316. The quantitative estimate of drug-likeness (QED) is 0.724. The van der Waals surface area contributed by atoms with Gasteiger partial charge in [0.2, 0.25) is 0 Å². The Hall–Kier alpha value is -1.95. The first-order chi connectivity index (χ1) is 11.9. The molecule has 3 aromatic rings. The maximum atomic E-state index is 4.01. The largest absolute Gasteiger partial charge is 0.309 e. The van der Waals surface area contributed by atoms with Gasteiger partial charge in [-0.1, -0.05) is 30.3 Å². The Bertz CT molecular complexity index is 751. The Morgan fingerprint density at radius 3 is 2.96 bits per heavy atom. The highest BCUT2D eigenvalue weighted by molar-refractivity contribution is 7.10. The summed E-state index contributed by atoms with van der Waals surface area (Å²) in [5.41, 5.74) is 4.01. The number of aromatic amines is 1. The highest BCUT2D eigenvalue weighted by Gasteiger charge is 2.25. The molecule has 4 nitrogen and oxygen atoms in total. The Morgan fingerprint density at radius 2 is 2.12 bits per heavy atom. The fourth-order valence-electron chi connectivity index (χ4n) is 3.40. The molecule has 4 rings (SSSR count). The van der Waals surface area contributed by atoms with Crippen molar-refractivity contribution in [2.45, 2.75) is 25.6 Å². The van der Waals surface area contributed by atoms with Crippen molar-refractivity contribution in [1.82, 2.24) is 20.4 Å². The number of hydrogen-bond donors (Lipinski definition) is 2. The lowest BCUT2D eigenvalue weighted by Gasteiger charge is -2.35. The summed E-state index contributed by atoms with van der Waals surface area (Å²) in [7, 11) is 0. The number of fused-ring (bicyclic) bond motifs is 1. The van der Waals surface area contributed by atoms with E-state index in [9.17, 15) is 0 Å². The summed E-state index contributed by atoms with van der Waals surface area (Å²) < 4.78 is 0. The van der Waals surface area contributed by atoms with Crippen molar-refractivity contribution in [1.29, 1.82) is 0 Å². The first-order valence-electron chi connectivity index (χ1n) is 8.43. The van der Waals surface area contributed by atoms with Crippen molar-refractivity contribution < 1.29 is 0 Å². The van der Waals surface area contributed by atoms with E-state index in [0.717, 1.165) is 38.3 Å². The van der Waals surface area contributed by atoms with E-state index < -0.39 is 0 Å². The highest BCUT2D eigenvalue weighted by atomic mass is 32.1. The highest BCUT2D eigenvalue weighted by Crippen LogP contribution is 2.30. The Balaban J connectivity index is 1.48. The Morgan fingerprint density at radius 1 is 1.21 bits per heavy atom. The molecule has 0 fully saturated rings. The van der Waals surface area contributed by atoms with Crippen molar-refractivity contribution in [3.8, 4) is 0 Å². The van der Waals surface area contributed by atoms with Crippen LogP contribution in [0.25, 0.3) is 0 Å². The van der Waals surface area contributed by atoms with Gasteiger partial charge < -0.3 is 5.32 Å². The van der Waals surface area contributed by atoms with Crippen molar-refractivity contribution in [3.05, 3.63) is 75.7 Å². The lowest BCUT2D eigenvalue weighted by atomic mass is 10.0. The molecule has 3 heterocycles. The molecule has 0 bridgehead atoms. The molecule has 2 N–H and O–H groups in total. The maximum absolute atomic E-state index is 4.01. The van der Waals surface area contributed by atoms with Crippen LogP contribution in [0.1, 0.15) is 27.7 Å². The van der Waals surface area contributed by atoms with Crippen LogP contribution in [0.4, 0.5) is 0 Å². The molecule has 1 aromatic carbocycles. The second-order valence-electron chi connectivity index (χ2n) is 6.23. The summed E-state index contributed by atoms with van der Waals surface area (Å²) in [6.45, 7) is 3.92. The van der Waals surface area contributed by atoms with Crippen LogP contribution >= 0.6 is 11.3 Å². The van der Waals surface area contributed by atoms with Crippen LogP contribution in [-0.4, -0.2) is 28.2 Å². The molecule has 0 saturated carbocycles. The Kier molecular flexibility index (Phi) is 4.74. The van der Waals surface area contributed by atoms with Crippen molar-refractivity contribution in [3.63, 3.8) is 0 Å². The summed E-state index contributed by atoms with van der Waals surface area (Å²) >= 11 is 1.90. The van der Waals surface area contributed by atoms with Gasteiger partial charge in [0.05, 0.1) is 0 Å². The van der Waals surface area contributed by atoms with Gasteiger partial charge in [-0.05, 0) is 35.1 Å². The molecule has 0 radical (unpaired) electrons. The van der Waals surface area contributed by atoms with Crippen LogP contribution in [-0.2, 0) is 19.5 Å². The Labute approximate surface area is 146 Å². The fourth-order valence-corrected chi connectivity index (χ4v) is 4.29. The number of rotatable bonds is 6. The van der Waals surface area contributed by atoms with Gasteiger partial charge in [-0.15, -0.1) is 11.3 Å². The summed E-state index contributed by atoms with van der Waals surface area (Å²) in [6.07, 6.45) is 2.96. The number of H-pyrrole nitrogens is 1. The van der Waals surface area contributed by atoms with Gasteiger partial charge in [-0.3, -0.25) is 10.00 Å². The van der Waals surface area contributed by atoms with Crippen LogP contribution in [0.3, 0.4) is 0 Å². The van der Waals surface area contributed by atoms with Gasteiger partial charge in [0.1, 0.15) is 0 Å². The number of aromatic nitrogens is 2. The molecule has 5 heteroatoms. The average molecular weight is 338 g/mol. The molecule has 1 aliphatic rings. The van der Waals surface area contributed by atoms with E-state index in [1.54, 1.807) is 11.1 Å². The van der Waals surface area contributed by atoms with Gasteiger partial charge in [0.15, 0.2) is 0 Å². The van der Waals surface area contributed by atoms with E-state index in [-0.39, 0.29) is 0 Å². The van der Waals surface area contributed by atoms with Crippen molar-refractivity contribution in [2.75, 3.05) is 13.1 Å². The van der Waals surface area contributed by atoms with Crippen LogP contribution in [0, 0.1) is 0 Å². The standard InChI is InChI=1S/C19H22N4S/c1-2-4-15(5-3-1)18(13-20-12-17-6-9-21-22-17)23-10-7-19-16(14-23)8-11-24-19/h1-6,8-9,11,18,20H,7,10,12-14H2,(H,21,22). The zero-order valence-electron chi connectivity index (χ0n) is 13.6. The minimum atomic E-state index is 0.391. The molecule has 2 aromatic heterocycles. The first kappa shape index (κ1) is 15.6. The summed E-state index contributed by atoms with van der Waals surface area (Å²) in [6, 6.07) is 15.5. The third-order valence-electron chi connectivity index (χ3n) is 4.67. The van der Waals surface area contributed by atoms with Gasteiger partial charge in [0.25, 0.3) is 0 Å². The van der Waals surface area contributed by atoms with Crippen LogP contribution < -0.4 is 5.32 Å². The summed E-state index contributed by atoms with van der Waals surface area (Å²) in [4.78, 5) is 4.16. The SMILES string of the molecule is c1ccc(C(CNCc2ccn[nH]2)N2CCc3sccc3C2)cc1. The summed E-state index contributed by atoms with van der Waals surface area (Å²) in [5, 5.41) is 12.8. The van der Waals surface area contributed by atoms with Gasteiger partial charge in [-0.2, -0.15) is 5.10 Å². The van der Waals surface area contributed by atoms with Crippen LogP contribution in [0.2, 0.25) is 0 Å². The minimum absolute atomic E-state index is 0.391. The van der Waals surface area contributed by atoms with E-state index in [0.29, 0.717) is 6.04 Å². The third-order valence-corrected chi connectivity index (χ3v) is 5.70. The minimum Gasteiger partial charge on any atom is -0.309 e. The monoisotopic (exact) mass is 338 g/mol. The zero-order chi connectivity index (χ0) is 16.2. The zero-order valence-corrected chi connectivity index (χ0v) is 14.4. The van der Waals surface area contributed by atoms with Crippen LogP contribution in [0.15, 0.2) is 54.0 Å². The number of hydrogen-bond acceptors (Lipinski definition) is 4. The van der Waals surface area contributed by atoms with Crippen LogP contribution in [0.5, 0.6) is 0 Å². The maximum Gasteiger partial charge on any atom is 0.0490 e. The molecular formula is C19H22N4S. The average Bonchev–Trinajstić information content (AvgIpc) is 3.30. The molecule has 0 saturated heterocycles. The molecule has 1 unspecified atom stereocenters. The molecule has 0 spiro atoms. The lowest BCUT2D eigenvalue weighted by Crippen LogP contribution is -2.38. The first-order valence-corrected chi connectivity index (χ1v) is 9.31. The molecule has 1 aliphatic heterocycles. The number of nitrogens with one attached hydrogen (secondary N) is 2. The summed E-state index contributed by atoms with van der Waals surface area (Å²) in [5.74, 6) is 0. The van der Waals surface area contributed by atoms with E-state index in [2.05, 4.69) is 62.2 Å². The van der Waals surface area contributed by atoms with Gasteiger partial charge in [-0.25, -0.2) is 0 Å². The topological polar surface area (TPSA) is 44.0 Å². The number of nitrogens with zero attached hydrogens (tertiary/aromatic N) is 2. The molecule has 0 amide bonds. The van der Waals surface area contributed by atoms with Gasteiger partial charge in [0, 0.05) is 49.0 Å². The molecule has 1 atom stereocenters. The predicted molar refractivity (Wildman–Crippen MR) is 97.9 cm³/mol. The smallest absolute Gasteiger partial charge is 0.0490 e. The normalized spacial score (nSPS) is 16.0. The van der Waals surface area contributed by atoms with E-state index in [1.165, 1.54) is 11.1 Å². The predicted octanol–water partition coefficient (Wildman–Crippen LogP) is 3.36. The number of thiophene rings is 1. The van der Waals surface area contributed by atoms with Crippen molar-refractivity contribution in [2.24, 2.45) is 0 Å². The third kappa shape index (κ3) is 3.43. The second-order valence-corrected chi connectivity index (χ2v) is 7.23. The van der Waals surface area contributed by atoms with Gasteiger partial charge >= 0.3 is 0 Å². The molecular weight excluding hydrogens is 316 g/mol. The molecule has 24 heavy (non-hydrogen) atoms. The second kappa shape index (κ2) is 7.30. The lowest BCUT2D eigenvalue weighted by molar-refractivity contribution is 0.176. The van der Waals surface area contributed by atoms with E-state index in [4.69, 9.17) is 0 Å².